The van der Waals surface area contributed by atoms with Crippen molar-refractivity contribution in [2.24, 2.45) is 0 Å². The molecule has 0 aromatic carbocycles. The number of ether oxygens (including phenoxy) is 1. The number of alkyl halides is 1. The van der Waals surface area contributed by atoms with E-state index in [2.05, 4.69) is 0 Å². The summed E-state index contributed by atoms with van der Waals surface area (Å²) < 4.78 is 3.72. The van der Waals surface area contributed by atoms with Gasteiger partial charge in [0.05, 0.1) is 12.7 Å². The molecule has 1 aliphatic carbocycles. The van der Waals surface area contributed by atoms with Gasteiger partial charge in [-0.1, -0.05) is 0 Å². The topological polar surface area (TPSA) is 63.6 Å². The Morgan fingerprint density at radius 3 is 2.31 bits per heavy atom. The maximum Gasteiger partial charge on any atom is 0.221 e. The third-order valence-electron chi connectivity index (χ3n) is 1.56. The van der Waals surface area contributed by atoms with Crippen LogP contribution in [0.5, 0.6) is 0 Å². The maximum absolute atomic E-state index is 11.2. The zero-order chi connectivity index (χ0) is 10.0. The normalized spacial score (nSPS) is 19.3. The van der Waals surface area contributed by atoms with Crippen molar-refractivity contribution in [3.8, 4) is 0 Å². The molecule has 5 heteroatoms. The molecule has 1 rings (SSSR count). The van der Waals surface area contributed by atoms with Crippen LogP contribution in [0, 0.1) is 0 Å². The average molecular weight is 294 g/mol. The minimum absolute atomic E-state index is 0.00981. The second-order valence-corrected chi connectivity index (χ2v) is 3.52. The summed E-state index contributed by atoms with van der Waals surface area (Å²) in [6.45, 7) is 0. The molecule has 0 aliphatic heterocycles. The molecule has 0 aromatic heterocycles. The molecule has 0 fully saturated rings. The summed E-state index contributed by atoms with van der Waals surface area (Å²) in [5, 5.41) is 9.21. The van der Waals surface area contributed by atoms with Crippen LogP contribution < -0.4 is 0 Å². The first-order chi connectivity index (χ1) is 6.07. The highest BCUT2D eigenvalue weighted by Crippen LogP contribution is 2.21. The van der Waals surface area contributed by atoms with Gasteiger partial charge in [0.2, 0.25) is 5.78 Å². The lowest BCUT2D eigenvalue weighted by Gasteiger charge is -2.14. The molecular weight excluding hydrogens is 287 g/mol. The lowest BCUT2D eigenvalue weighted by molar-refractivity contribution is -0.117. The van der Waals surface area contributed by atoms with E-state index in [0.29, 0.717) is 0 Å². The van der Waals surface area contributed by atoms with E-state index in [9.17, 15) is 14.7 Å². The molecule has 1 unspecified atom stereocenters. The number of rotatable bonds is 2. The molecule has 4 nitrogen and oxygen atoms in total. The first-order valence-corrected chi connectivity index (χ1v) is 4.69. The summed E-state index contributed by atoms with van der Waals surface area (Å²) in [6, 6.07) is 0. The van der Waals surface area contributed by atoms with Crippen LogP contribution in [0.1, 0.15) is 0 Å². The summed E-state index contributed by atoms with van der Waals surface area (Å²) in [6.07, 6.45) is 2.26. The monoisotopic (exact) mass is 294 g/mol. The van der Waals surface area contributed by atoms with Crippen LogP contribution in [0.15, 0.2) is 23.5 Å². The Labute approximate surface area is 88.4 Å². The highest BCUT2D eigenvalue weighted by molar-refractivity contribution is 14.1. The summed E-state index contributed by atoms with van der Waals surface area (Å²) in [7, 11) is 1.29. The van der Waals surface area contributed by atoms with Gasteiger partial charge in [-0.15, -0.1) is 0 Å². The van der Waals surface area contributed by atoms with Crippen LogP contribution >= 0.6 is 22.6 Å². The van der Waals surface area contributed by atoms with Crippen LogP contribution in [0.25, 0.3) is 0 Å². The smallest absolute Gasteiger partial charge is 0.221 e. The van der Waals surface area contributed by atoms with Gasteiger partial charge < -0.3 is 9.84 Å². The van der Waals surface area contributed by atoms with Crippen molar-refractivity contribution < 1.29 is 19.4 Å². The third-order valence-corrected chi connectivity index (χ3v) is 2.19. The molecular formula is C8H7IO4. The van der Waals surface area contributed by atoms with E-state index < -0.39 is 15.7 Å². The Hall–Kier alpha value is -0.690. The number of carbonyl (C=O) groups is 2. The van der Waals surface area contributed by atoms with Crippen LogP contribution in [-0.2, 0) is 14.3 Å². The molecule has 0 radical (unpaired) electrons. The van der Waals surface area contributed by atoms with E-state index in [1.54, 1.807) is 22.6 Å². The molecule has 0 saturated carbocycles. The van der Waals surface area contributed by atoms with Gasteiger partial charge in [0, 0.05) is 0 Å². The summed E-state index contributed by atoms with van der Waals surface area (Å²) in [5.41, 5.74) is 0.00981. The summed E-state index contributed by atoms with van der Waals surface area (Å²) in [4.78, 5) is 22.4. The van der Waals surface area contributed by atoms with Gasteiger partial charge in [0.1, 0.15) is 4.11 Å². The zero-order valence-electron chi connectivity index (χ0n) is 6.78. The minimum Gasteiger partial charge on any atom is -0.492 e. The van der Waals surface area contributed by atoms with Gasteiger partial charge >= 0.3 is 0 Å². The quantitative estimate of drug-likeness (QED) is 0.453. The van der Waals surface area contributed by atoms with Crippen LogP contribution in [0.2, 0.25) is 0 Å². The average Bonchev–Trinajstić information content (AvgIpc) is 2.07. The van der Waals surface area contributed by atoms with E-state index in [1.165, 1.54) is 7.11 Å². The van der Waals surface area contributed by atoms with Crippen molar-refractivity contribution in [2.75, 3.05) is 7.11 Å². The molecule has 1 atom stereocenters. The van der Waals surface area contributed by atoms with Gasteiger partial charge in [-0.3, -0.25) is 9.59 Å². The van der Waals surface area contributed by atoms with Crippen LogP contribution in [-0.4, -0.2) is 27.9 Å². The number of hydrogen-bond acceptors (Lipinski definition) is 4. The lowest BCUT2D eigenvalue weighted by Crippen LogP contribution is -2.21. The first kappa shape index (κ1) is 10.4. The SMILES string of the molecule is COC1=C(C(O)I)C(=O)C=CC1=O. The van der Waals surface area contributed by atoms with E-state index in [1.807, 2.05) is 0 Å². The Morgan fingerprint density at radius 2 is 1.92 bits per heavy atom. The Bertz CT molecular complexity index is 314. The molecule has 0 spiro atoms. The molecule has 0 saturated heterocycles. The van der Waals surface area contributed by atoms with Gasteiger partial charge in [-0.2, -0.15) is 0 Å². The predicted octanol–water partition coefficient (Wildman–Crippen LogP) is 0.348. The van der Waals surface area contributed by atoms with Crippen molar-refractivity contribution in [3.05, 3.63) is 23.5 Å². The number of hydrogen-bond donors (Lipinski definition) is 1. The van der Waals surface area contributed by atoms with Gasteiger partial charge in [-0.05, 0) is 34.7 Å². The fourth-order valence-electron chi connectivity index (χ4n) is 0.998. The maximum atomic E-state index is 11.2. The number of halogens is 1. The molecule has 0 heterocycles. The number of methoxy groups -OCH3 is 1. The summed E-state index contributed by atoms with van der Waals surface area (Å²) in [5.74, 6) is -0.861. The third kappa shape index (κ3) is 1.97. The van der Waals surface area contributed by atoms with Crippen molar-refractivity contribution >= 4 is 34.2 Å². The van der Waals surface area contributed by atoms with E-state index >= 15 is 0 Å². The molecule has 1 aliphatic rings. The fraction of sp³-hybridized carbons (Fsp3) is 0.250. The van der Waals surface area contributed by atoms with Gasteiger partial charge in [-0.25, -0.2) is 0 Å². The second-order valence-electron chi connectivity index (χ2n) is 2.34. The zero-order valence-corrected chi connectivity index (χ0v) is 8.94. The lowest BCUT2D eigenvalue weighted by atomic mass is 10.0. The fourth-order valence-corrected chi connectivity index (χ4v) is 1.59. The van der Waals surface area contributed by atoms with Crippen molar-refractivity contribution in [2.45, 2.75) is 4.11 Å². The van der Waals surface area contributed by atoms with Crippen molar-refractivity contribution in [1.29, 1.82) is 0 Å². The molecule has 13 heavy (non-hydrogen) atoms. The summed E-state index contributed by atoms with van der Waals surface area (Å²) >= 11 is 1.64. The Kier molecular flexibility index (Phi) is 3.21. The number of carbonyl (C=O) groups excluding carboxylic acids is 2. The van der Waals surface area contributed by atoms with Crippen LogP contribution in [0.3, 0.4) is 0 Å². The number of aliphatic hydroxyl groups excluding tert-OH is 1. The first-order valence-electron chi connectivity index (χ1n) is 3.45. The number of ketones is 2. The van der Waals surface area contributed by atoms with E-state index in [0.717, 1.165) is 12.2 Å². The molecule has 0 amide bonds. The molecule has 70 valence electrons. The minimum atomic E-state index is -1.02. The van der Waals surface area contributed by atoms with E-state index in [-0.39, 0.29) is 11.3 Å². The predicted molar refractivity (Wildman–Crippen MR) is 53.2 cm³/mol. The standard InChI is InChI=1S/C8H7IO4/c1-13-7-5(11)3-2-4(10)6(7)8(9)12/h2-3,8,12H,1H3. The largest absolute Gasteiger partial charge is 0.492 e. The van der Waals surface area contributed by atoms with Gasteiger partial charge in [0.15, 0.2) is 11.5 Å². The molecule has 1 N–H and O–H groups in total. The Morgan fingerprint density at radius 1 is 1.38 bits per heavy atom. The van der Waals surface area contributed by atoms with Crippen molar-refractivity contribution in [3.63, 3.8) is 0 Å². The highest BCUT2D eigenvalue weighted by atomic mass is 127. The molecule has 0 bridgehead atoms. The van der Waals surface area contributed by atoms with Crippen molar-refractivity contribution in [1.82, 2.24) is 0 Å². The number of allylic oxidation sites excluding steroid dienone is 2. The van der Waals surface area contributed by atoms with Crippen LogP contribution in [0.4, 0.5) is 0 Å². The highest BCUT2D eigenvalue weighted by Gasteiger charge is 2.27. The van der Waals surface area contributed by atoms with E-state index in [4.69, 9.17) is 4.74 Å². The molecule has 0 aromatic rings. The second kappa shape index (κ2) is 4.01. The Balaban J connectivity index is 3.19. The van der Waals surface area contributed by atoms with Gasteiger partial charge in [0.25, 0.3) is 0 Å². The number of aliphatic hydroxyl groups is 1.